The van der Waals surface area contributed by atoms with Crippen LogP contribution in [0, 0.1) is 0 Å². The van der Waals surface area contributed by atoms with Crippen molar-refractivity contribution < 1.29 is 8.42 Å². The topological polar surface area (TPSA) is 62.6 Å². The molecule has 0 spiro atoms. The van der Waals surface area contributed by atoms with Crippen molar-refractivity contribution >= 4 is 54.7 Å². The van der Waals surface area contributed by atoms with Crippen molar-refractivity contribution in [2.24, 2.45) is 4.40 Å². The Morgan fingerprint density at radius 2 is 2.05 bits per heavy atom. The maximum absolute atomic E-state index is 12.3. The average Bonchev–Trinajstić information content (AvgIpc) is 2.36. The first kappa shape index (κ1) is 15.2. The molecule has 0 amide bonds. The summed E-state index contributed by atoms with van der Waals surface area (Å²) in [6.07, 6.45) is 2.77. The van der Waals surface area contributed by atoms with Crippen molar-refractivity contribution in [3.05, 3.63) is 34.0 Å². The molecule has 0 saturated carbocycles. The number of benzene rings is 1. The lowest BCUT2D eigenvalue weighted by Crippen LogP contribution is -2.10. The van der Waals surface area contributed by atoms with Crippen molar-refractivity contribution in [2.75, 3.05) is 14.1 Å². The van der Waals surface area contributed by atoms with Crippen LogP contribution in [0.3, 0.4) is 0 Å². The summed E-state index contributed by atoms with van der Waals surface area (Å²) in [4.78, 5) is 5.58. The van der Waals surface area contributed by atoms with E-state index in [1.54, 1.807) is 25.1 Å². The molecule has 5 nitrogen and oxygen atoms in total. The highest BCUT2D eigenvalue weighted by Gasteiger charge is 2.17. The molecule has 0 aliphatic carbocycles. The van der Waals surface area contributed by atoms with E-state index in [1.165, 1.54) is 24.7 Å². The molecule has 8 heteroatoms. The third-order valence-corrected chi connectivity index (χ3v) is 4.35. The largest absolute Gasteiger partial charge is 0.368 e. The minimum Gasteiger partial charge on any atom is -0.368 e. The summed E-state index contributed by atoms with van der Waals surface area (Å²) >= 11 is 9.13. The van der Waals surface area contributed by atoms with Crippen LogP contribution < -0.4 is 0 Å². The summed E-state index contributed by atoms with van der Waals surface area (Å²) in [5, 5.41) is 1.39. The standard InChI is InChI=1S/C12H11BrClN3O2S/c1-17(2)7-16-20(18,19)11-4-9(13)3-8-6-15-12(14)5-10(8)11/h3-7H,1-2H3. The zero-order chi connectivity index (χ0) is 14.9. The maximum Gasteiger partial charge on any atom is 0.284 e. The quantitative estimate of drug-likeness (QED) is 0.469. The number of fused-ring (bicyclic) bond motifs is 1. The Kier molecular flexibility index (Phi) is 4.31. The fraction of sp³-hybridized carbons (Fsp3) is 0.167. The van der Waals surface area contributed by atoms with E-state index in [0.717, 1.165) is 0 Å². The second-order valence-corrected chi connectivity index (χ2v) is 7.20. The molecular formula is C12H11BrClN3O2S. The Balaban J connectivity index is 2.73. The van der Waals surface area contributed by atoms with Gasteiger partial charge in [-0.1, -0.05) is 27.5 Å². The molecule has 0 atom stereocenters. The van der Waals surface area contributed by atoms with E-state index in [0.29, 0.717) is 15.2 Å². The maximum atomic E-state index is 12.3. The lowest BCUT2D eigenvalue weighted by Gasteiger charge is -2.07. The summed E-state index contributed by atoms with van der Waals surface area (Å²) in [7, 11) is -0.423. The molecule has 0 fully saturated rings. The number of pyridine rings is 1. The van der Waals surface area contributed by atoms with E-state index in [2.05, 4.69) is 25.3 Å². The highest BCUT2D eigenvalue weighted by atomic mass is 79.9. The van der Waals surface area contributed by atoms with Gasteiger partial charge in [0.1, 0.15) is 11.5 Å². The van der Waals surface area contributed by atoms with Crippen LogP contribution in [0.5, 0.6) is 0 Å². The molecule has 2 aromatic rings. The van der Waals surface area contributed by atoms with Crippen LogP contribution >= 0.6 is 27.5 Å². The van der Waals surface area contributed by atoms with Crippen LogP contribution in [0.2, 0.25) is 5.15 Å². The summed E-state index contributed by atoms with van der Waals surface area (Å²) in [6, 6.07) is 4.79. The van der Waals surface area contributed by atoms with E-state index >= 15 is 0 Å². The molecule has 0 aliphatic rings. The predicted molar refractivity (Wildman–Crippen MR) is 83.8 cm³/mol. The molecule has 2 rings (SSSR count). The van der Waals surface area contributed by atoms with Gasteiger partial charge in [-0.15, -0.1) is 4.40 Å². The second-order valence-electron chi connectivity index (χ2n) is 4.29. The highest BCUT2D eigenvalue weighted by Crippen LogP contribution is 2.29. The van der Waals surface area contributed by atoms with Gasteiger partial charge in [-0.05, 0) is 18.2 Å². The van der Waals surface area contributed by atoms with Gasteiger partial charge in [0.25, 0.3) is 10.0 Å². The van der Waals surface area contributed by atoms with E-state index in [-0.39, 0.29) is 10.0 Å². The normalized spacial score (nSPS) is 12.2. The van der Waals surface area contributed by atoms with Crippen molar-refractivity contribution in [2.45, 2.75) is 4.90 Å². The highest BCUT2D eigenvalue weighted by molar-refractivity contribution is 9.10. The molecule has 0 saturated heterocycles. The smallest absolute Gasteiger partial charge is 0.284 e. The zero-order valence-electron chi connectivity index (χ0n) is 10.7. The number of hydrogen-bond acceptors (Lipinski definition) is 3. The number of halogens is 2. The minimum atomic E-state index is -3.81. The zero-order valence-corrected chi connectivity index (χ0v) is 13.9. The molecule has 20 heavy (non-hydrogen) atoms. The molecule has 106 valence electrons. The minimum absolute atomic E-state index is 0.0873. The Morgan fingerprint density at radius 1 is 1.35 bits per heavy atom. The molecule has 0 aliphatic heterocycles. The number of hydrogen-bond donors (Lipinski definition) is 0. The van der Waals surface area contributed by atoms with E-state index in [1.807, 2.05) is 0 Å². The number of aromatic nitrogens is 1. The van der Waals surface area contributed by atoms with Gasteiger partial charge in [-0.3, -0.25) is 0 Å². The van der Waals surface area contributed by atoms with Gasteiger partial charge in [0, 0.05) is 35.5 Å². The van der Waals surface area contributed by atoms with Gasteiger partial charge in [-0.2, -0.15) is 8.42 Å². The average molecular weight is 377 g/mol. The number of rotatable bonds is 3. The van der Waals surface area contributed by atoms with Crippen molar-refractivity contribution in [3.63, 3.8) is 0 Å². The molecular weight excluding hydrogens is 366 g/mol. The fourth-order valence-electron chi connectivity index (χ4n) is 1.59. The van der Waals surface area contributed by atoms with Gasteiger partial charge in [0.05, 0.1) is 4.90 Å². The van der Waals surface area contributed by atoms with Crippen LogP contribution in [-0.4, -0.2) is 38.7 Å². The van der Waals surface area contributed by atoms with Crippen molar-refractivity contribution in [3.8, 4) is 0 Å². The van der Waals surface area contributed by atoms with Gasteiger partial charge >= 0.3 is 0 Å². The fourth-order valence-corrected chi connectivity index (χ4v) is 3.53. The van der Waals surface area contributed by atoms with Crippen LogP contribution in [0.4, 0.5) is 0 Å². The first-order valence-electron chi connectivity index (χ1n) is 5.51. The molecule has 1 aromatic carbocycles. The van der Waals surface area contributed by atoms with E-state index < -0.39 is 10.0 Å². The lowest BCUT2D eigenvalue weighted by molar-refractivity contribution is 0.595. The summed E-state index contributed by atoms with van der Waals surface area (Å²) in [5.74, 6) is 0. The monoisotopic (exact) mass is 375 g/mol. The third-order valence-electron chi connectivity index (χ3n) is 2.42. The third kappa shape index (κ3) is 3.28. The molecule has 0 unspecified atom stereocenters. The van der Waals surface area contributed by atoms with E-state index in [4.69, 9.17) is 11.6 Å². The molecule has 0 radical (unpaired) electrons. The Hall–Kier alpha value is -1.18. The Bertz CT molecular complexity index is 791. The summed E-state index contributed by atoms with van der Waals surface area (Å²) < 4.78 is 28.9. The summed E-state index contributed by atoms with van der Waals surface area (Å²) in [6.45, 7) is 0. The van der Waals surface area contributed by atoms with E-state index in [9.17, 15) is 8.42 Å². The van der Waals surface area contributed by atoms with Gasteiger partial charge < -0.3 is 4.90 Å². The van der Waals surface area contributed by atoms with Crippen LogP contribution in [0.25, 0.3) is 10.8 Å². The van der Waals surface area contributed by atoms with Crippen LogP contribution in [0.15, 0.2) is 38.2 Å². The van der Waals surface area contributed by atoms with Crippen LogP contribution in [0.1, 0.15) is 0 Å². The molecule has 0 N–H and O–H groups in total. The summed E-state index contributed by atoms with van der Waals surface area (Å²) in [5.41, 5.74) is 0. The van der Waals surface area contributed by atoms with Crippen molar-refractivity contribution in [1.82, 2.24) is 9.88 Å². The SMILES string of the molecule is CN(C)C=NS(=O)(=O)c1cc(Br)cc2cnc(Cl)cc12. The van der Waals surface area contributed by atoms with Crippen molar-refractivity contribution in [1.29, 1.82) is 0 Å². The predicted octanol–water partition coefficient (Wildman–Crippen LogP) is 2.93. The number of sulfonamides is 1. The first-order valence-corrected chi connectivity index (χ1v) is 8.12. The first-order chi connectivity index (χ1) is 9.29. The van der Waals surface area contributed by atoms with Crippen LogP contribution in [-0.2, 0) is 10.0 Å². The second kappa shape index (κ2) is 5.67. The van der Waals surface area contributed by atoms with Gasteiger partial charge in [0.15, 0.2) is 0 Å². The Morgan fingerprint density at radius 3 is 2.70 bits per heavy atom. The van der Waals surface area contributed by atoms with Gasteiger partial charge in [-0.25, -0.2) is 4.98 Å². The Labute approximate surface area is 130 Å². The molecule has 0 bridgehead atoms. The molecule has 1 heterocycles. The number of nitrogens with zero attached hydrogens (tertiary/aromatic N) is 3. The lowest BCUT2D eigenvalue weighted by atomic mass is 10.2. The van der Waals surface area contributed by atoms with Gasteiger partial charge in [0.2, 0.25) is 0 Å². The molecule has 1 aromatic heterocycles.